The lowest BCUT2D eigenvalue weighted by atomic mass is 9.97. The van der Waals surface area contributed by atoms with E-state index in [1.54, 1.807) is 0 Å². The lowest BCUT2D eigenvalue weighted by molar-refractivity contribution is -0.123. The van der Waals surface area contributed by atoms with Crippen molar-refractivity contribution in [3.8, 4) is 0 Å². The van der Waals surface area contributed by atoms with Crippen molar-refractivity contribution in [1.82, 2.24) is 15.5 Å². The van der Waals surface area contributed by atoms with Gasteiger partial charge in [0.1, 0.15) is 0 Å². The fourth-order valence-electron chi connectivity index (χ4n) is 3.15. The van der Waals surface area contributed by atoms with Crippen LogP contribution in [-0.4, -0.2) is 49.6 Å². The minimum absolute atomic E-state index is 0.0538. The van der Waals surface area contributed by atoms with Gasteiger partial charge in [0.2, 0.25) is 5.91 Å². The Balaban J connectivity index is 1.67. The molecule has 2 rings (SSSR count). The third kappa shape index (κ3) is 4.91. The zero-order valence-corrected chi connectivity index (χ0v) is 12.8. The number of amides is 1. The molecule has 2 fully saturated rings. The van der Waals surface area contributed by atoms with Gasteiger partial charge < -0.3 is 15.5 Å². The molecule has 0 saturated carbocycles. The van der Waals surface area contributed by atoms with Crippen molar-refractivity contribution in [1.29, 1.82) is 0 Å². The van der Waals surface area contributed by atoms with E-state index in [1.165, 1.54) is 25.0 Å². The van der Waals surface area contributed by atoms with E-state index in [9.17, 15) is 4.79 Å². The third-order valence-corrected chi connectivity index (χ3v) is 4.40. The summed E-state index contributed by atoms with van der Waals surface area (Å²) in [5, 5.41) is 6.39. The number of likely N-dealkylation sites (tertiary alicyclic amines) is 1. The van der Waals surface area contributed by atoms with Gasteiger partial charge in [-0.1, -0.05) is 5.57 Å². The molecule has 0 aromatic rings. The number of carbonyl (C=O) groups excluding carboxylic acids is 1. The standard InChI is InChI=1S/C16H29N3O/c1-13(2)7-10-19-9-4-5-14(12-19)11-18-16(20)15-6-3-8-17-15/h14-15,17H,1,3-12H2,2H3,(H,18,20). The summed E-state index contributed by atoms with van der Waals surface area (Å²) in [6, 6.07) is 0.0538. The van der Waals surface area contributed by atoms with Crippen molar-refractivity contribution in [2.45, 2.75) is 45.1 Å². The molecule has 2 N–H and O–H groups in total. The Morgan fingerprint density at radius 1 is 1.40 bits per heavy atom. The first-order valence-electron chi connectivity index (χ1n) is 8.03. The molecule has 2 atom stereocenters. The van der Waals surface area contributed by atoms with Crippen molar-refractivity contribution in [3.63, 3.8) is 0 Å². The van der Waals surface area contributed by atoms with E-state index in [1.807, 2.05) is 0 Å². The Kier molecular flexibility index (Phi) is 6.05. The Morgan fingerprint density at radius 2 is 2.25 bits per heavy atom. The predicted octanol–water partition coefficient (Wildman–Crippen LogP) is 1.53. The summed E-state index contributed by atoms with van der Waals surface area (Å²) < 4.78 is 0. The summed E-state index contributed by atoms with van der Waals surface area (Å²) in [5.74, 6) is 0.806. The molecule has 0 radical (unpaired) electrons. The summed E-state index contributed by atoms with van der Waals surface area (Å²) in [7, 11) is 0. The van der Waals surface area contributed by atoms with Gasteiger partial charge in [-0.3, -0.25) is 4.79 Å². The minimum Gasteiger partial charge on any atom is -0.354 e. The van der Waals surface area contributed by atoms with Gasteiger partial charge in [-0.05, 0) is 58.0 Å². The van der Waals surface area contributed by atoms with Gasteiger partial charge in [0.25, 0.3) is 0 Å². The molecule has 0 aromatic carbocycles. The van der Waals surface area contributed by atoms with Gasteiger partial charge in [0.05, 0.1) is 6.04 Å². The van der Waals surface area contributed by atoms with Gasteiger partial charge in [-0.15, -0.1) is 6.58 Å². The van der Waals surface area contributed by atoms with E-state index in [-0.39, 0.29) is 11.9 Å². The van der Waals surface area contributed by atoms with Crippen LogP contribution >= 0.6 is 0 Å². The molecule has 4 heteroatoms. The van der Waals surface area contributed by atoms with Crippen molar-refractivity contribution < 1.29 is 4.79 Å². The second-order valence-corrected chi connectivity index (χ2v) is 6.41. The second-order valence-electron chi connectivity index (χ2n) is 6.41. The molecule has 0 aromatic heterocycles. The van der Waals surface area contributed by atoms with Crippen molar-refractivity contribution >= 4 is 5.91 Å². The molecule has 2 aliphatic rings. The molecule has 0 bridgehead atoms. The van der Waals surface area contributed by atoms with Crippen LogP contribution in [0.1, 0.15) is 39.0 Å². The van der Waals surface area contributed by atoms with Crippen LogP contribution in [0.5, 0.6) is 0 Å². The zero-order chi connectivity index (χ0) is 14.4. The molecule has 4 nitrogen and oxygen atoms in total. The molecule has 0 spiro atoms. The normalized spacial score (nSPS) is 27.4. The molecule has 114 valence electrons. The Bertz CT molecular complexity index is 337. The maximum Gasteiger partial charge on any atom is 0.237 e. The van der Waals surface area contributed by atoms with Gasteiger partial charge in [0, 0.05) is 19.6 Å². The van der Waals surface area contributed by atoms with E-state index in [2.05, 4.69) is 29.0 Å². The van der Waals surface area contributed by atoms with Gasteiger partial charge in [0.15, 0.2) is 0 Å². The first-order valence-corrected chi connectivity index (χ1v) is 8.03. The summed E-state index contributed by atoms with van der Waals surface area (Å²) in [6.45, 7) is 11.3. The molecule has 2 heterocycles. The van der Waals surface area contributed by atoms with E-state index in [0.29, 0.717) is 5.92 Å². The highest BCUT2D eigenvalue weighted by molar-refractivity contribution is 5.81. The number of nitrogens with zero attached hydrogens (tertiary/aromatic N) is 1. The highest BCUT2D eigenvalue weighted by atomic mass is 16.2. The Morgan fingerprint density at radius 3 is 2.95 bits per heavy atom. The molecular formula is C16H29N3O. The average Bonchev–Trinajstić information content (AvgIpc) is 2.97. The van der Waals surface area contributed by atoms with E-state index in [0.717, 1.165) is 45.4 Å². The number of hydrogen-bond donors (Lipinski definition) is 2. The fourth-order valence-corrected chi connectivity index (χ4v) is 3.15. The third-order valence-electron chi connectivity index (χ3n) is 4.40. The number of piperidine rings is 1. The first-order chi connectivity index (χ1) is 9.65. The fraction of sp³-hybridized carbons (Fsp3) is 0.812. The second kappa shape index (κ2) is 7.79. The van der Waals surface area contributed by atoms with Gasteiger partial charge in [-0.2, -0.15) is 0 Å². The van der Waals surface area contributed by atoms with Crippen LogP contribution in [0.2, 0.25) is 0 Å². The Hall–Kier alpha value is -0.870. The minimum atomic E-state index is 0.0538. The van der Waals surface area contributed by atoms with E-state index < -0.39 is 0 Å². The molecule has 2 aliphatic heterocycles. The van der Waals surface area contributed by atoms with Gasteiger partial charge in [-0.25, -0.2) is 0 Å². The highest BCUT2D eigenvalue weighted by Gasteiger charge is 2.24. The molecule has 0 aliphatic carbocycles. The first kappa shape index (κ1) is 15.5. The van der Waals surface area contributed by atoms with Crippen molar-refractivity contribution in [2.75, 3.05) is 32.7 Å². The molecule has 1 amide bonds. The van der Waals surface area contributed by atoms with Crippen LogP contribution in [0.15, 0.2) is 12.2 Å². The monoisotopic (exact) mass is 279 g/mol. The van der Waals surface area contributed by atoms with Crippen molar-refractivity contribution in [3.05, 3.63) is 12.2 Å². The van der Waals surface area contributed by atoms with Crippen LogP contribution < -0.4 is 10.6 Å². The Labute approximate surface area is 123 Å². The number of nitrogens with one attached hydrogen (secondary N) is 2. The molecule has 2 saturated heterocycles. The van der Waals surface area contributed by atoms with E-state index >= 15 is 0 Å². The van der Waals surface area contributed by atoms with Gasteiger partial charge >= 0.3 is 0 Å². The van der Waals surface area contributed by atoms with E-state index in [4.69, 9.17) is 0 Å². The number of hydrogen-bond acceptors (Lipinski definition) is 3. The number of carbonyl (C=O) groups is 1. The van der Waals surface area contributed by atoms with Crippen LogP contribution in [0.25, 0.3) is 0 Å². The van der Waals surface area contributed by atoms with Crippen LogP contribution in [-0.2, 0) is 4.79 Å². The smallest absolute Gasteiger partial charge is 0.237 e. The lowest BCUT2D eigenvalue weighted by Gasteiger charge is -2.33. The predicted molar refractivity (Wildman–Crippen MR) is 82.6 cm³/mol. The SMILES string of the molecule is C=C(C)CCN1CCCC(CNC(=O)C2CCCN2)C1. The summed E-state index contributed by atoms with van der Waals surface area (Å²) in [6.07, 6.45) is 5.68. The largest absolute Gasteiger partial charge is 0.354 e. The average molecular weight is 279 g/mol. The topological polar surface area (TPSA) is 44.4 Å². The summed E-state index contributed by atoms with van der Waals surface area (Å²) in [4.78, 5) is 14.5. The maximum atomic E-state index is 12.0. The maximum absolute atomic E-state index is 12.0. The van der Waals surface area contributed by atoms with Crippen LogP contribution in [0.3, 0.4) is 0 Å². The molecule has 20 heavy (non-hydrogen) atoms. The lowest BCUT2D eigenvalue weighted by Crippen LogP contribution is -2.45. The van der Waals surface area contributed by atoms with Crippen LogP contribution in [0, 0.1) is 5.92 Å². The summed E-state index contributed by atoms with van der Waals surface area (Å²) >= 11 is 0. The van der Waals surface area contributed by atoms with Crippen molar-refractivity contribution in [2.24, 2.45) is 5.92 Å². The highest BCUT2D eigenvalue weighted by Crippen LogP contribution is 2.17. The molecular weight excluding hydrogens is 250 g/mol. The number of rotatable bonds is 6. The zero-order valence-electron chi connectivity index (χ0n) is 12.8. The molecule has 2 unspecified atom stereocenters. The summed E-state index contributed by atoms with van der Waals surface area (Å²) in [5.41, 5.74) is 1.26. The quantitative estimate of drug-likeness (QED) is 0.725. The van der Waals surface area contributed by atoms with Crippen LogP contribution in [0.4, 0.5) is 0 Å².